The lowest BCUT2D eigenvalue weighted by atomic mass is 9.71. The minimum Gasteiger partial charge on any atom is -0.493 e. The molecule has 0 unspecified atom stereocenters. The van der Waals surface area contributed by atoms with E-state index in [0.29, 0.717) is 50.4 Å². The first kappa shape index (κ1) is 24.2. The molecule has 2 atom stereocenters. The van der Waals surface area contributed by atoms with Crippen LogP contribution in [0.1, 0.15) is 42.7 Å². The summed E-state index contributed by atoms with van der Waals surface area (Å²) in [7, 11) is 4.49. The highest BCUT2D eigenvalue weighted by molar-refractivity contribution is 6.35. The molecule has 34 heavy (non-hydrogen) atoms. The lowest BCUT2D eigenvalue weighted by Crippen LogP contribution is -2.36. The average Bonchev–Trinajstić information content (AvgIpc) is 2.82. The minimum atomic E-state index is -0.646. The summed E-state index contributed by atoms with van der Waals surface area (Å²) in [5.41, 5.74) is 3.91. The van der Waals surface area contributed by atoms with Crippen LogP contribution in [0.5, 0.6) is 11.5 Å². The third-order valence-electron chi connectivity index (χ3n) is 6.39. The van der Waals surface area contributed by atoms with E-state index in [2.05, 4.69) is 5.32 Å². The molecule has 8 heteroatoms. The molecule has 1 aliphatic heterocycles. The van der Waals surface area contributed by atoms with E-state index in [9.17, 15) is 9.59 Å². The van der Waals surface area contributed by atoms with Crippen molar-refractivity contribution < 1.29 is 23.8 Å². The number of nitrogens with one attached hydrogen (secondary N) is 1. The Kier molecular flexibility index (Phi) is 6.91. The number of ether oxygens (including phenoxy) is 3. The number of Topliss-reactive ketones (excluding diaryl/α,β-unsaturated/α-hetero) is 1. The summed E-state index contributed by atoms with van der Waals surface area (Å²) in [4.78, 5) is 26.4. The number of ketones is 1. The highest BCUT2D eigenvalue weighted by atomic mass is 35.5. The zero-order chi connectivity index (χ0) is 24.6. The minimum absolute atomic E-state index is 0.0570. The normalized spacial score (nSPS) is 20.0. The average molecular weight is 502 g/mol. The quantitative estimate of drug-likeness (QED) is 0.541. The van der Waals surface area contributed by atoms with Crippen LogP contribution in [0.25, 0.3) is 0 Å². The van der Waals surface area contributed by atoms with Crippen LogP contribution in [0, 0.1) is 0 Å². The Morgan fingerprint density at radius 1 is 1.00 bits per heavy atom. The Hall–Kier alpha value is -2.96. The van der Waals surface area contributed by atoms with E-state index in [-0.39, 0.29) is 18.1 Å². The third-order valence-corrected chi connectivity index (χ3v) is 6.95. The zero-order valence-electron chi connectivity index (χ0n) is 19.3. The Balaban J connectivity index is 1.80. The number of hydrogen-bond acceptors (Lipinski definition) is 6. The fourth-order valence-corrected chi connectivity index (χ4v) is 5.33. The van der Waals surface area contributed by atoms with Gasteiger partial charge in [-0.25, -0.2) is 4.79 Å². The van der Waals surface area contributed by atoms with Gasteiger partial charge in [0, 0.05) is 39.4 Å². The number of esters is 1. The van der Waals surface area contributed by atoms with Gasteiger partial charge in [0.25, 0.3) is 0 Å². The van der Waals surface area contributed by atoms with Gasteiger partial charge < -0.3 is 19.5 Å². The van der Waals surface area contributed by atoms with E-state index in [1.54, 1.807) is 39.3 Å². The second-order valence-corrected chi connectivity index (χ2v) is 9.13. The largest absolute Gasteiger partial charge is 0.493 e. The van der Waals surface area contributed by atoms with E-state index in [1.807, 2.05) is 18.2 Å². The smallest absolute Gasteiger partial charge is 0.336 e. The monoisotopic (exact) mass is 501 g/mol. The van der Waals surface area contributed by atoms with Crippen molar-refractivity contribution in [3.05, 3.63) is 80.1 Å². The van der Waals surface area contributed by atoms with Gasteiger partial charge in [0.05, 0.1) is 26.9 Å². The van der Waals surface area contributed by atoms with Gasteiger partial charge in [-0.3, -0.25) is 4.79 Å². The van der Waals surface area contributed by atoms with Crippen LogP contribution in [-0.4, -0.2) is 33.1 Å². The Morgan fingerprint density at radius 2 is 1.74 bits per heavy atom. The van der Waals surface area contributed by atoms with Crippen molar-refractivity contribution in [2.24, 2.45) is 0 Å². The predicted molar refractivity (Wildman–Crippen MR) is 131 cm³/mol. The molecule has 178 valence electrons. The lowest BCUT2D eigenvalue weighted by Gasteiger charge is -2.37. The topological polar surface area (TPSA) is 73.9 Å². The molecule has 1 aliphatic carbocycles. The summed E-state index contributed by atoms with van der Waals surface area (Å²) >= 11 is 12.7. The first-order valence-electron chi connectivity index (χ1n) is 10.8. The number of carbonyl (C=O) groups excluding carboxylic acids is 2. The summed E-state index contributed by atoms with van der Waals surface area (Å²) in [6.07, 6.45) is 0.870. The zero-order valence-corrected chi connectivity index (χ0v) is 20.8. The molecule has 1 heterocycles. The molecule has 0 saturated heterocycles. The summed E-state index contributed by atoms with van der Waals surface area (Å²) in [6, 6.07) is 10.8. The van der Waals surface area contributed by atoms with Crippen molar-refractivity contribution in [2.75, 3.05) is 21.3 Å². The van der Waals surface area contributed by atoms with Gasteiger partial charge in [0.2, 0.25) is 0 Å². The van der Waals surface area contributed by atoms with Gasteiger partial charge in [-0.2, -0.15) is 0 Å². The Bertz CT molecular complexity index is 1230. The molecule has 2 aliphatic rings. The number of dihydropyridines is 1. The third kappa shape index (κ3) is 4.28. The molecule has 0 saturated carbocycles. The van der Waals surface area contributed by atoms with Gasteiger partial charge in [-0.05, 0) is 54.7 Å². The van der Waals surface area contributed by atoms with E-state index >= 15 is 0 Å². The summed E-state index contributed by atoms with van der Waals surface area (Å²) in [5.74, 6) is -0.0396. The first-order chi connectivity index (χ1) is 16.3. The van der Waals surface area contributed by atoms with Crippen molar-refractivity contribution in [1.29, 1.82) is 0 Å². The maximum absolute atomic E-state index is 13.6. The molecule has 2 aromatic carbocycles. The van der Waals surface area contributed by atoms with Crippen molar-refractivity contribution in [1.82, 2.24) is 5.32 Å². The van der Waals surface area contributed by atoms with Gasteiger partial charge >= 0.3 is 5.97 Å². The molecule has 0 aromatic heterocycles. The summed E-state index contributed by atoms with van der Waals surface area (Å²) in [6.45, 7) is 1.80. The molecule has 0 radical (unpaired) electrons. The second kappa shape index (κ2) is 9.72. The summed E-state index contributed by atoms with van der Waals surface area (Å²) in [5, 5.41) is 4.17. The fraction of sp³-hybridized carbons (Fsp3) is 0.308. The first-order valence-corrected chi connectivity index (χ1v) is 11.5. The number of carbonyl (C=O) groups is 2. The number of hydrogen-bond donors (Lipinski definition) is 1. The standard InChI is InChI=1S/C26H25Cl2NO5/c1-13-23(26(31)34-4)24(17-7-6-16(27)12-18(17)28)25-19(29-13)9-15(10-20(25)30)14-5-8-21(32-2)22(11-14)33-3/h5-8,11-12,15,24,29H,9-10H2,1-4H3/t15-,24-/m1/s1. The van der Waals surface area contributed by atoms with Crippen molar-refractivity contribution in [3.8, 4) is 11.5 Å². The van der Waals surface area contributed by atoms with Crippen LogP contribution in [0.3, 0.4) is 0 Å². The number of benzene rings is 2. The molecule has 0 spiro atoms. The molecule has 2 aromatic rings. The van der Waals surface area contributed by atoms with Gasteiger partial charge in [0.1, 0.15) is 0 Å². The highest BCUT2D eigenvalue weighted by Crippen LogP contribution is 2.48. The Morgan fingerprint density at radius 3 is 2.38 bits per heavy atom. The number of halogens is 2. The van der Waals surface area contributed by atoms with Crippen LogP contribution in [-0.2, 0) is 14.3 Å². The van der Waals surface area contributed by atoms with Crippen LogP contribution in [0.15, 0.2) is 58.9 Å². The number of rotatable bonds is 5. The molecular formula is C26H25Cl2NO5. The van der Waals surface area contributed by atoms with Crippen LogP contribution >= 0.6 is 23.2 Å². The molecule has 1 N–H and O–H groups in total. The van der Waals surface area contributed by atoms with E-state index < -0.39 is 11.9 Å². The maximum atomic E-state index is 13.6. The molecule has 0 fully saturated rings. The second-order valence-electron chi connectivity index (χ2n) is 8.29. The van der Waals surface area contributed by atoms with Crippen molar-refractivity contribution in [3.63, 3.8) is 0 Å². The lowest BCUT2D eigenvalue weighted by molar-refractivity contribution is -0.136. The molecule has 4 rings (SSSR count). The fourth-order valence-electron chi connectivity index (χ4n) is 4.81. The van der Waals surface area contributed by atoms with Crippen molar-refractivity contribution >= 4 is 35.0 Å². The number of methoxy groups -OCH3 is 3. The van der Waals surface area contributed by atoms with E-state index in [1.165, 1.54) is 7.11 Å². The highest BCUT2D eigenvalue weighted by Gasteiger charge is 2.42. The van der Waals surface area contributed by atoms with Crippen LogP contribution in [0.4, 0.5) is 0 Å². The SMILES string of the molecule is COC(=O)C1=C(C)NC2=C(C(=O)C[C@H](c3ccc(OC)c(OC)c3)C2)[C@@H]1c1ccc(Cl)cc1Cl. The molecule has 0 bridgehead atoms. The van der Waals surface area contributed by atoms with E-state index in [0.717, 1.165) is 11.3 Å². The van der Waals surface area contributed by atoms with E-state index in [4.69, 9.17) is 37.4 Å². The van der Waals surface area contributed by atoms with Gasteiger partial charge in [0.15, 0.2) is 17.3 Å². The maximum Gasteiger partial charge on any atom is 0.336 e. The van der Waals surface area contributed by atoms with Crippen molar-refractivity contribution in [2.45, 2.75) is 31.6 Å². The molecule has 0 amide bonds. The van der Waals surface area contributed by atoms with Gasteiger partial charge in [-0.1, -0.05) is 35.3 Å². The van der Waals surface area contributed by atoms with Crippen LogP contribution < -0.4 is 14.8 Å². The Labute approximate surface area is 208 Å². The van der Waals surface area contributed by atoms with Crippen LogP contribution in [0.2, 0.25) is 10.0 Å². The molecule has 6 nitrogen and oxygen atoms in total. The summed E-state index contributed by atoms with van der Waals surface area (Å²) < 4.78 is 15.9. The van der Waals surface area contributed by atoms with Gasteiger partial charge in [-0.15, -0.1) is 0 Å². The molecular weight excluding hydrogens is 477 g/mol. The number of allylic oxidation sites excluding steroid dienone is 3. The predicted octanol–water partition coefficient (Wildman–Crippen LogP) is 5.55.